The number of likely N-dealkylation sites (N-methyl/N-ethyl adjacent to an activating group) is 1. The van der Waals surface area contributed by atoms with E-state index in [-0.39, 0.29) is 0 Å². The second-order valence-corrected chi connectivity index (χ2v) is 4.31. The van der Waals surface area contributed by atoms with Gasteiger partial charge in [-0.25, -0.2) is 0 Å². The maximum Gasteiger partial charge on any atom is 0.0431 e. The standard InChI is InChI=1S/C13H19NO/c1-14-9-8-11-5-2-3-6-12(11)13(14)7-4-10-15/h2-3,5-6,13,15H,4,7-10H2,1H3. The monoisotopic (exact) mass is 205 g/mol. The van der Waals surface area contributed by atoms with E-state index in [2.05, 4.69) is 36.2 Å². The lowest BCUT2D eigenvalue weighted by atomic mass is 9.90. The van der Waals surface area contributed by atoms with Crippen LogP contribution in [0, 0.1) is 0 Å². The summed E-state index contributed by atoms with van der Waals surface area (Å²) < 4.78 is 0. The van der Waals surface area contributed by atoms with Crippen molar-refractivity contribution < 1.29 is 5.11 Å². The van der Waals surface area contributed by atoms with Gasteiger partial charge in [0.05, 0.1) is 0 Å². The van der Waals surface area contributed by atoms with E-state index < -0.39 is 0 Å². The fourth-order valence-corrected chi connectivity index (χ4v) is 2.44. The molecule has 2 heteroatoms. The number of aliphatic hydroxyl groups is 1. The zero-order valence-electron chi connectivity index (χ0n) is 9.32. The van der Waals surface area contributed by atoms with Crippen molar-refractivity contribution in [3.63, 3.8) is 0 Å². The zero-order valence-corrected chi connectivity index (χ0v) is 9.32. The molecule has 0 bridgehead atoms. The van der Waals surface area contributed by atoms with Gasteiger partial charge >= 0.3 is 0 Å². The minimum Gasteiger partial charge on any atom is -0.396 e. The van der Waals surface area contributed by atoms with Crippen LogP contribution in [0.1, 0.15) is 30.0 Å². The largest absolute Gasteiger partial charge is 0.396 e. The highest BCUT2D eigenvalue weighted by atomic mass is 16.2. The number of rotatable bonds is 3. The molecule has 0 aliphatic carbocycles. The summed E-state index contributed by atoms with van der Waals surface area (Å²) in [5, 5.41) is 8.91. The second kappa shape index (κ2) is 4.77. The summed E-state index contributed by atoms with van der Waals surface area (Å²) in [4.78, 5) is 2.40. The van der Waals surface area contributed by atoms with Crippen molar-refractivity contribution in [2.24, 2.45) is 0 Å². The Kier molecular flexibility index (Phi) is 3.39. The Morgan fingerprint density at radius 3 is 3.00 bits per heavy atom. The van der Waals surface area contributed by atoms with Crippen LogP contribution < -0.4 is 0 Å². The molecule has 0 saturated carbocycles. The lowest BCUT2D eigenvalue weighted by Crippen LogP contribution is -2.32. The first-order valence-corrected chi connectivity index (χ1v) is 5.72. The van der Waals surface area contributed by atoms with Crippen molar-refractivity contribution in [1.29, 1.82) is 0 Å². The van der Waals surface area contributed by atoms with Crippen molar-refractivity contribution in [1.82, 2.24) is 4.90 Å². The van der Waals surface area contributed by atoms with Gasteiger partial charge in [0.25, 0.3) is 0 Å². The highest BCUT2D eigenvalue weighted by molar-refractivity contribution is 5.32. The maximum atomic E-state index is 8.91. The van der Waals surface area contributed by atoms with Gasteiger partial charge in [-0.05, 0) is 37.4 Å². The molecule has 1 aromatic carbocycles. The predicted molar refractivity (Wildman–Crippen MR) is 61.8 cm³/mol. The molecule has 1 aromatic rings. The van der Waals surface area contributed by atoms with Crippen LogP contribution in [0.3, 0.4) is 0 Å². The van der Waals surface area contributed by atoms with Crippen LogP contribution in [-0.2, 0) is 6.42 Å². The molecule has 0 fully saturated rings. The summed E-state index contributed by atoms with van der Waals surface area (Å²) in [7, 11) is 2.18. The number of aliphatic hydroxyl groups excluding tert-OH is 1. The third kappa shape index (κ3) is 2.21. The summed E-state index contributed by atoms with van der Waals surface area (Å²) in [6.07, 6.45) is 3.11. The Labute approximate surface area is 91.5 Å². The molecule has 0 radical (unpaired) electrons. The van der Waals surface area contributed by atoms with Crippen molar-refractivity contribution in [2.45, 2.75) is 25.3 Å². The summed E-state index contributed by atoms with van der Waals surface area (Å²) >= 11 is 0. The minimum absolute atomic E-state index is 0.298. The van der Waals surface area contributed by atoms with E-state index in [0.29, 0.717) is 12.6 Å². The molecule has 15 heavy (non-hydrogen) atoms. The Balaban J connectivity index is 2.21. The Hall–Kier alpha value is -0.860. The third-order valence-corrected chi connectivity index (χ3v) is 3.32. The smallest absolute Gasteiger partial charge is 0.0431 e. The molecule has 82 valence electrons. The molecule has 1 unspecified atom stereocenters. The van der Waals surface area contributed by atoms with Crippen LogP contribution >= 0.6 is 0 Å². The molecule has 1 aliphatic rings. The van der Waals surface area contributed by atoms with Crippen LogP contribution in [0.4, 0.5) is 0 Å². The first-order valence-electron chi connectivity index (χ1n) is 5.72. The van der Waals surface area contributed by atoms with Crippen molar-refractivity contribution in [3.05, 3.63) is 35.4 Å². The van der Waals surface area contributed by atoms with Gasteiger partial charge in [0, 0.05) is 19.2 Å². The molecule has 1 N–H and O–H groups in total. The van der Waals surface area contributed by atoms with Gasteiger partial charge in [0.1, 0.15) is 0 Å². The number of benzene rings is 1. The van der Waals surface area contributed by atoms with E-state index in [1.807, 2.05) is 0 Å². The van der Waals surface area contributed by atoms with Gasteiger partial charge in [-0.2, -0.15) is 0 Å². The number of hydrogen-bond donors (Lipinski definition) is 1. The van der Waals surface area contributed by atoms with Crippen LogP contribution in [0.25, 0.3) is 0 Å². The van der Waals surface area contributed by atoms with E-state index in [4.69, 9.17) is 5.11 Å². The molecular weight excluding hydrogens is 186 g/mol. The molecule has 1 heterocycles. The topological polar surface area (TPSA) is 23.5 Å². The molecule has 1 aliphatic heterocycles. The SMILES string of the molecule is CN1CCc2ccccc2C1CCCO. The second-order valence-electron chi connectivity index (χ2n) is 4.31. The van der Waals surface area contributed by atoms with Gasteiger partial charge in [-0.1, -0.05) is 24.3 Å². The maximum absolute atomic E-state index is 8.91. The summed E-state index contributed by atoms with van der Waals surface area (Å²) in [6.45, 7) is 1.43. The average Bonchev–Trinajstić information content (AvgIpc) is 2.28. The first kappa shape index (κ1) is 10.7. The Morgan fingerprint density at radius 1 is 1.40 bits per heavy atom. The number of nitrogens with zero attached hydrogens (tertiary/aromatic N) is 1. The van der Waals surface area contributed by atoms with E-state index in [1.54, 1.807) is 0 Å². The van der Waals surface area contributed by atoms with Crippen LogP contribution in [0.5, 0.6) is 0 Å². The van der Waals surface area contributed by atoms with E-state index in [1.165, 1.54) is 11.1 Å². The minimum atomic E-state index is 0.298. The summed E-state index contributed by atoms with van der Waals surface area (Å²) in [5.41, 5.74) is 2.94. The zero-order chi connectivity index (χ0) is 10.7. The van der Waals surface area contributed by atoms with Gasteiger partial charge in [0.2, 0.25) is 0 Å². The van der Waals surface area contributed by atoms with Crippen LogP contribution in [0.15, 0.2) is 24.3 Å². The van der Waals surface area contributed by atoms with Gasteiger partial charge in [-0.3, -0.25) is 4.90 Å². The highest BCUT2D eigenvalue weighted by Crippen LogP contribution is 2.31. The van der Waals surface area contributed by atoms with E-state index in [0.717, 1.165) is 25.8 Å². The molecule has 0 spiro atoms. The Morgan fingerprint density at radius 2 is 2.20 bits per heavy atom. The van der Waals surface area contributed by atoms with Gasteiger partial charge in [0.15, 0.2) is 0 Å². The average molecular weight is 205 g/mol. The van der Waals surface area contributed by atoms with E-state index >= 15 is 0 Å². The van der Waals surface area contributed by atoms with Crippen molar-refractivity contribution >= 4 is 0 Å². The van der Waals surface area contributed by atoms with Crippen molar-refractivity contribution in [3.8, 4) is 0 Å². The summed E-state index contributed by atoms with van der Waals surface area (Å²) in [5.74, 6) is 0. The molecular formula is C13H19NO. The molecule has 2 rings (SSSR count). The number of fused-ring (bicyclic) bond motifs is 1. The molecule has 2 nitrogen and oxygen atoms in total. The molecule has 1 atom stereocenters. The predicted octanol–water partition coefficient (Wildman–Crippen LogP) is 1.99. The quantitative estimate of drug-likeness (QED) is 0.815. The lowest BCUT2D eigenvalue weighted by molar-refractivity contribution is 0.197. The molecule has 0 aromatic heterocycles. The van der Waals surface area contributed by atoms with Crippen LogP contribution in [-0.4, -0.2) is 30.2 Å². The summed E-state index contributed by atoms with van der Waals surface area (Å²) in [6, 6.07) is 9.19. The normalized spacial score (nSPS) is 21.3. The van der Waals surface area contributed by atoms with Crippen molar-refractivity contribution in [2.75, 3.05) is 20.2 Å². The van der Waals surface area contributed by atoms with Gasteiger partial charge < -0.3 is 5.11 Å². The molecule has 0 amide bonds. The fraction of sp³-hybridized carbons (Fsp3) is 0.538. The molecule has 0 saturated heterocycles. The number of hydrogen-bond acceptors (Lipinski definition) is 2. The fourth-order valence-electron chi connectivity index (χ4n) is 2.44. The van der Waals surface area contributed by atoms with Gasteiger partial charge in [-0.15, -0.1) is 0 Å². The van der Waals surface area contributed by atoms with E-state index in [9.17, 15) is 0 Å². The Bertz CT molecular complexity index is 324. The third-order valence-electron chi connectivity index (χ3n) is 3.32. The lowest BCUT2D eigenvalue weighted by Gasteiger charge is -2.34. The first-order chi connectivity index (χ1) is 7.33. The van der Waals surface area contributed by atoms with Crippen LogP contribution in [0.2, 0.25) is 0 Å². The highest BCUT2D eigenvalue weighted by Gasteiger charge is 2.23.